The SMILES string of the molecule is COC(=O)c1ccc(OCc2c(C3CCCCC3)noc2C)nc1.Cc1onc(C2CCCC2)c1CO. The van der Waals surface area contributed by atoms with Gasteiger partial charge in [0.2, 0.25) is 5.88 Å². The number of ether oxygens (including phenoxy) is 2. The largest absolute Gasteiger partial charge is 0.473 e. The first-order valence-corrected chi connectivity index (χ1v) is 13.2. The molecule has 3 heterocycles. The number of aryl methyl sites for hydroxylation is 2. The number of aliphatic hydroxyl groups excluding tert-OH is 1. The average Bonchev–Trinajstić information content (AvgIpc) is 3.68. The molecular weight excluding hydrogens is 474 g/mol. The predicted molar refractivity (Wildman–Crippen MR) is 135 cm³/mol. The Balaban J connectivity index is 0.000000207. The van der Waals surface area contributed by atoms with Crippen LogP contribution in [0, 0.1) is 13.8 Å². The summed E-state index contributed by atoms with van der Waals surface area (Å²) in [6.07, 6.45) is 12.5. The molecule has 2 aliphatic carbocycles. The molecule has 0 radical (unpaired) electrons. The van der Waals surface area contributed by atoms with E-state index >= 15 is 0 Å². The van der Waals surface area contributed by atoms with Crippen molar-refractivity contribution in [1.29, 1.82) is 0 Å². The van der Waals surface area contributed by atoms with Gasteiger partial charge in [0.05, 0.1) is 36.2 Å². The number of nitrogens with zero attached hydrogens (tertiary/aromatic N) is 3. The van der Waals surface area contributed by atoms with Crippen LogP contribution in [0.5, 0.6) is 5.88 Å². The third kappa shape index (κ3) is 6.57. The number of aliphatic hydroxyl groups is 1. The Labute approximate surface area is 217 Å². The minimum atomic E-state index is -0.413. The molecule has 0 unspecified atom stereocenters. The number of aromatic nitrogens is 3. The van der Waals surface area contributed by atoms with E-state index in [1.165, 1.54) is 58.3 Å². The summed E-state index contributed by atoms with van der Waals surface area (Å²) in [5.74, 6) is 2.59. The van der Waals surface area contributed by atoms with Crippen molar-refractivity contribution in [3.8, 4) is 5.88 Å². The Kier molecular flexibility index (Phi) is 9.33. The number of methoxy groups -OCH3 is 1. The molecule has 3 aromatic heterocycles. The molecule has 9 nitrogen and oxygen atoms in total. The first-order valence-electron chi connectivity index (χ1n) is 13.2. The second kappa shape index (κ2) is 12.9. The molecule has 37 heavy (non-hydrogen) atoms. The molecule has 200 valence electrons. The van der Waals surface area contributed by atoms with Gasteiger partial charge in [0.15, 0.2) is 0 Å². The smallest absolute Gasteiger partial charge is 0.339 e. The summed E-state index contributed by atoms with van der Waals surface area (Å²) in [6, 6.07) is 3.30. The number of pyridine rings is 1. The summed E-state index contributed by atoms with van der Waals surface area (Å²) >= 11 is 0. The summed E-state index contributed by atoms with van der Waals surface area (Å²) in [5.41, 5.74) is 4.34. The lowest BCUT2D eigenvalue weighted by Gasteiger charge is -2.20. The fraction of sp³-hybridized carbons (Fsp3) is 0.571. The van der Waals surface area contributed by atoms with Crippen LogP contribution in [0.1, 0.15) is 114 Å². The second-order valence-corrected chi connectivity index (χ2v) is 9.84. The molecule has 0 spiro atoms. The zero-order chi connectivity index (χ0) is 26.2. The summed E-state index contributed by atoms with van der Waals surface area (Å²) in [6.45, 7) is 4.19. The van der Waals surface area contributed by atoms with E-state index in [0.29, 0.717) is 29.9 Å². The lowest BCUT2D eigenvalue weighted by molar-refractivity contribution is 0.0600. The third-order valence-corrected chi connectivity index (χ3v) is 7.44. The van der Waals surface area contributed by atoms with Gasteiger partial charge in [-0.3, -0.25) is 0 Å². The molecule has 1 N–H and O–H groups in total. The zero-order valence-corrected chi connectivity index (χ0v) is 22.0. The number of hydrogen-bond donors (Lipinski definition) is 1. The van der Waals surface area contributed by atoms with Gasteiger partial charge >= 0.3 is 5.97 Å². The molecule has 0 amide bonds. The van der Waals surface area contributed by atoms with Gasteiger partial charge in [0, 0.05) is 29.7 Å². The van der Waals surface area contributed by atoms with Crippen LogP contribution in [0.3, 0.4) is 0 Å². The van der Waals surface area contributed by atoms with Crippen LogP contribution in [-0.2, 0) is 18.0 Å². The van der Waals surface area contributed by atoms with Crippen molar-refractivity contribution in [2.45, 2.75) is 96.7 Å². The molecule has 5 rings (SSSR count). The van der Waals surface area contributed by atoms with Gasteiger partial charge in [-0.25, -0.2) is 9.78 Å². The quantitative estimate of drug-likeness (QED) is 0.385. The molecule has 0 saturated heterocycles. The van der Waals surface area contributed by atoms with Gasteiger partial charge in [0.25, 0.3) is 0 Å². The summed E-state index contributed by atoms with van der Waals surface area (Å²) < 4.78 is 20.9. The first kappa shape index (κ1) is 26.9. The maximum atomic E-state index is 11.4. The molecule has 0 aliphatic heterocycles. The highest BCUT2D eigenvalue weighted by Gasteiger charge is 2.25. The number of esters is 1. The van der Waals surface area contributed by atoms with Crippen LogP contribution in [0.4, 0.5) is 0 Å². The van der Waals surface area contributed by atoms with E-state index in [4.69, 9.17) is 18.9 Å². The lowest BCUT2D eigenvalue weighted by Crippen LogP contribution is -2.09. The number of rotatable bonds is 7. The molecular formula is C28H37N3O6. The fourth-order valence-corrected chi connectivity index (χ4v) is 5.25. The van der Waals surface area contributed by atoms with E-state index in [2.05, 4.69) is 20.0 Å². The molecule has 0 atom stereocenters. The van der Waals surface area contributed by atoms with Gasteiger partial charge < -0.3 is 23.6 Å². The number of carbonyl (C=O) groups excluding carboxylic acids is 1. The third-order valence-electron chi connectivity index (χ3n) is 7.44. The van der Waals surface area contributed by atoms with E-state index in [-0.39, 0.29) is 6.61 Å². The molecule has 0 bridgehead atoms. The van der Waals surface area contributed by atoms with Gasteiger partial charge in [-0.05, 0) is 45.6 Å². The van der Waals surface area contributed by atoms with Crippen LogP contribution < -0.4 is 4.74 Å². The van der Waals surface area contributed by atoms with Crippen LogP contribution in [0.25, 0.3) is 0 Å². The minimum absolute atomic E-state index is 0.0567. The van der Waals surface area contributed by atoms with E-state index in [1.807, 2.05) is 13.8 Å². The monoisotopic (exact) mass is 511 g/mol. The Morgan fingerprint density at radius 2 is 1.49 bits per heavy atom. The van der Waals surface area contributed by atoms with Crippen LogP contribution >= 0.6 is 0 Å². The van der Waals surface area contributed by atoms with Gasteiger partial charge in [0.1, 0.15) is 18.1 Å². The van der Waals surface area contributed by atoms with E-state index in [0.717, 1.165) is 46.9 Å². The van der Waals surface area contributed by atoms with Gasteiger partial charge in [-0.2, -0.15) is 0 Å². The van der Waals surface area contributed by atoms with Gasteiger partial charge in [-0.1, -0.05) is 42.4 Å². The second-order valence-electron chi connectivity index (χ2n) is 9.84. The van der Waals surface area contributed by atoms with E-state index < -0.39 is 5.97 Å². The van der Waals surface area contributed by atoms with Crippen LogP contribution in [0.2, 0.25) is 0 Å². The van der Waals surface area contributed by atoms with Crippen molar-refractivity contribution < 1.29 is 28.4 Å². The number of hydrogen-bond acceptors (Lipinski definition) is 9. The van der Waals surface area contributed by atoms with Gasteiger partial charge in [-0.15, -0.1) is 0 Å². The highest BCUT2D eigenvalue weighted by atomic mass is 16.5. The summed E-state index contributed by atoms with van der Waals surface area (Å²) in [4.78, 5) is 15.6. The van der Waals surface area contributed by atoms with Crippen molar-refractivity contribution >= 4 is 5.97 Å². The fourth-order valence-electron chi connectivity index (χ4n) is 5.25. The molecule has 2 fully saturated rings. The standard InChI is InChI=1S/C18H22N2O4.C10H15NO2/c1-12-15(17(20-24-12)13-6-4-3-5-7-13)11-23-16-9-8-14(10-19-16)18(21)22-2;1-7-9(6-12)10(11-13-7)8-4-2-3-5-8/h8-10,13H,3-7,11H2,1-2H3;8,12H,2-6H2,1H3. The summed E-state index contributed by atoms with van der Waals surface area (Å²) in [7, 11) is 1.34. The average molecular weight is 512 g/mol. The number of carbonyl (C=O) groups is 1. The molecule has 0 aromatic carbocycles. The highest BCUT2D eigenvalue weighted by Crippen LogP contribution is 2.36. The summed E-state index contributed by atoms with van der Waals surface area (Å²) in [5, 5.41) is 17.4. The van der Waals surface area contributed by atoms with E-state index in [1.54, 1.807) is 12.1 Å². The first-order chi connectivity index (χ1) is 18.0. The topological polar surface area (TPSA) is 121 Å². The molecule has 2 saturated carbocycles. The van der Waals surface area contributed by atoms with Crippen molar-refractivity contribution in [2.75, 3.05) is 7.11 Å². The Morgan fingerprint density at radius 3 is 2.03 bits per heavy atom. The van der Waals surface area contributed by atoms with E-state index in [9.17, 15) is 4.79 Å². The van der Waals surface area contributed by atoms with Crippen molar-refractivity contribution in [3.05, 3.63) is 57.9 Å². The molecule has 3 aromatic rings. The zero-order valence-electron chi connectivity index (χ0n) is 22.0. The van der Waals surface area contributed by atoms with Crippen LogP contribution in [-0.4, -0.2) is 33.5 Å². The Bertz CT molecular complexity index is 1140. The Morgan fingerprint density at radius 1 is 0.919 bits per heavy atom. The maximum Gasteiger partial charge on any atom is 0.339 e. The normalized spacial score (nSPS) is 16.3. The van der Waals surface area contributed by atoms with Crippen molar-refractivity contribution in [3.63, 3.8) is 0 Å². The molecule has 2 aliphatic rings. The van der Waals surface area contributed by atoms with Crippen LogP contribution in [0.15, 0.2) is 27.4 Å². The minimum Gasteiger partial charge on any atom is -0.473 e. The Hall–Kier alpha value is -3.20. The predicted octanol–water partition coefficient (Wildman–Crippen LogP) is 5.92. The maximum absolute atomic E-state index is 11.4. The lowest BCUT2D eigenvalue weighted by atomic mass is 9.85. The highest BCUT2D eigenvalue weighted by molar-refractivity contribution is 5.88. The van der Waals surface area contributed by atoms with Crippen molar-refractivity contribution in [1.82, 2.24) is 15.3 Å². The molecule has 9 heteroatoms. The van der Waals surface area contributed by atoms with Crippen molar-refractivity contribution in [2.24, 2.45) is 0 Å².